The fraction of sp³-hybridized carbons (Fsp3) is 0.541. The number of nitrogens with zero attached hydrogens (tertiary/aromatic N) is 3. The van der Waals surface area contributed by atoms with E-state index in [1.54, 1.807) is 0 Å². The first-order valence-electron chi connectivity index (χ1n) is 27.1. The third kappa shape index (κ3) is 22.3. The van der Waals surface area contributed by atoms with Gasteiger partial charge in [-0.2, -0.15) is 0 Å². The summed E-state index contributed by atoms with van der Waals surface area (Å²) in [5, 5.41) is 12.1. The Hall–Kier alpha value is -5.40. The van der Waals surface area contributed by atoms with Crippen LogP contribution in [0.15, 0.2) is 97.1 Å². The highest BCUT2D eigenvalue weighted by Gasteiger charge is 2.20. The van der Waals surface area contributed by atoms with Gasteiger partial charge in [0.15, 0.2) is 0 Å². The number of likely N-dealkylation sites (N-methyl/N-ethyl adjacent to an activating group) is 1. The van der Waals surface area contributed by atoms with Crippen molar-refractivity contribution in [2.45, 2.75) is 130 Å². The lowest BCUT2D eigenvalue weighted by Crippen LogP contribution is -2.43. The number of nitrogens with one attached hydrogen (secondary N) is 4. The van der Waals surface area contributed by atoms with Crippen molar-refractivity contribution >= 4 is 23.6 Å². The van der Waals surface area contributed by atoms with Crippen LogP contribution in [0.1, 0.15) is 181 Å². The van der Waals surface area contributed by atoms with Gasteiger partial charge in [-0.05, 0) is 180 Å². The topological polar surface area (TPSA) is 135 Å². The molecule has 3 aliphatic heterocycles. The second kappa shape index (κ2) is 32.0. The van der Waals surface area contributed by atoms with E-state index in [1.807, 2.05) is 116 Å². The van der Waals surface area contributed by atoms with Crippen molar-refractivity contribution in [3.8, 4) is 0 Å². The molecule has 73 heavy (non-hydrogen) atoms. The number of benzene rings is 4. The van der Waals surface area contributed by atoms with Gasteiger partial charge in [0.05, 0.1) is 0 Å². The largest absolute Gasteiger partial charge is 0.381 e. The lowest BCUT2D eigenvalue weighted by Gasteiger charge is -2.29. The van der Waals surface area contributed by atoms with Crippen LogP contribution >= 0.6 is 0 Å². The van der Waals surface area contributed by atoms with E-state index < -0.39 is 0 Å². The molecule has 0 spiro atoms. The Morgan fingerprint density at radius 3 is 1.16 bits per heavy atom. The Labute approximate surface area is 439 Å². The maximum Gasteiger partial charge on any atom is 0.251 e. The second-order valence-electron chi connectivity index (χ2n) is 21.4. The van der Waals surface area contributed by atoms with Crippen molar-refractivity contribution < 1.29 is 23.9 Å². The number of rotatable bonds is 16. The molecule has 0 bridgehead atoms. The summed E-state index contributed by atoms with van der Waals surface area (Å²) in [5.41, 5.74) is 8.06. The zero-order valence-electron chi connectivity index (χ0n) is 46.4. The molecular weight excluding hydrogens is 911 g/mol. The number of ether oxygens (including phenoxy) is 1. The summed E-state index contributed by atoms with van der Waals surface area (Å²) in [4.78, 5) is 54.7. The van der Waals surface area contributed by atoms with Crippen molar-refractivity contribution in [2.75, 3.05) is 86.7 Å². The predicted octanol–water partition coefficient (Wildman–Crippen LogP) is 10.1. The minimum absolute atomic E-state index is 0.00200. The molecule has 0 radical (unpaired) electrons. The third-order valence-corrected chi connectivity index (χ3v) is 13.7. The lowest BCUT2D eigenvalue weighted by atomic mass is 10.0. The Bertz CT molecular complexity index is 2200. The minimum Gasteiger partial charge on any atom is -0.381 e. The first kappa shape index (κ1) is 60.2. The molecule has 12 heteroatoms. The van der Waals surface area contributed by atoms with Gasteiger partial charge in [-0.3, -0.25) is 19.2 Å². The molecule has 12 nitrogen and oxygen atoms in total. The van der Waals surface area contributed by atoms with Crippen LogP contribution in [-0.4, -0.2) is 137 Å². The van der Waals surface area contributed by atoms with Gasteiger partial charge in [0.1, 0.15) is 0 Å². The van der Waals surface area contributed by atoms with Crippen LogP contribution < -0.4 is 21.3 Å². The first-order chi connectivity index (χ1) is 34.9. The van der Waals surface area contributed by atoms with E-state index in [4.69, 9.17) is 4.74 Å². The Morgan fingerprint density at radius 2 is 0.822 bits per heavy atom. The molecule has 3 heterocycles. The van der Waals surface area contributed by atoms with E-state index in [2.05, 4.69) is 93.5 Å². The van der Waals surface area contributed by atoms with Crippen LogP contribution in [0.2, 0.25) is 0 Å². The molecule has 3 saturated heterocycles. The molecule has 7 rings (SSSR count). The van der Waals surface area contributed by atoms with Gasteiger partial charge in [-0.1, -0.05) is 104 Å². The van der Waals surface area contributed by atoms with Crippen molar-refractivity contribution in [3.63, 3.8) is 0 Å². The van der Waals surface area contributed by atoms with Crippen LogP contribution in [0.3, 0.4) is 0 Å². The maximum atomic E-state index is 12.2. The number of piperidine rings is 1. The average molecular weight is 1000 g/mol. The molecule has 4 amide bonds. The summed E-state index contributed by atoms with van der Waals surface area (Å²) in [5.74, 6) is 2.13. The number of hydrogen-bond acceptors (Lipinski definition) is 8. The monoisotopic (exact) mass is 1000 g/mol. The predicted molar refractivity (Wildman–Crippen MR) is 300 cm³/mol. The molecule has 3 aliphatic rings. The number of carbonyl (C=O) groups is 4. The van der Waals surface area contributed by atoms with E-state index in [9.17, 15) is 19.2 Å². The highest BCUT2D eigenvalue weighted by Crippen LogP contribution is 2.19. The smallest absolute Gasteiger partial charge is 0.251 e. The highest BCUT2D eigenvalue weighted by atomic mass is 16.5. The summed E-state index contributed by atoms with van der Waals surface area (Å²) in [6.45, 7) is 26.5. The fourth-order valence-electron chi connectivity index (χ4n) is 8.54. The summed E-state index contributed by atoms with van der Waals surface area (Å²) in [6.07, 6.45) is 6.51. The van der Waals surface area contributed by atoms with E-state index in [0.29, 0.717) is 36.3 Å². The second-order valence-corrected chi connectivity index (χ2v) is 21.4. The zero-order valence-corrected chi connectivity index (χ0v) is 46.4. The van der Waals surface area contributed by atoms with E-state index >= 15 is 0 Å². The van der Waals surface area contributed by atoms with Crippen LogP contribution in [0.25, 0.3) is 0 Å². The van der Waals surface area contributed by atoms with Crippen molar-refractivity contribution in [3.05, 3.63) is 142 Å². The molecule has 0 unspecified atom stereocenters. The summed E-state index contributed by atoms with van der Waals surface area (Å²) < 4.78 is 5.28. The van der Waals surface area contributed by atoms with Gasteiger partial charge in [-0.15, -0.1) is 0 Å². The normalized spacial score (nSPS) is 15.5. The van der Waals surface area contributed by atoms with Gasteiger partial charge in [0.25, 0.3) is 23.6 Å². The van der Waals surface area contributed by atoms with E-state index in [0.717, 1.165) is 93.9 Å². The summed E-state index contributed by atoms with van der Waals surface area (Å²) in [6, 6.07) is 32.2. The number of hydrogen-bond donors (Lipinski definition) is 4. The molecule has 400 valence electrons. The Kier molecular flexibility index (Phi) is 26.4. The number of carbonyl (C=O) groups excluding carboxylic acids is 4. The molecule has 4 aromatic carbocycles. The Balaban J connectivity index is 0.000000211. The molecule has 4 N–H and O–H groups in total. The van der Waals surface area contributed by atoms with Gasteiger partial charge in [0, 0.05) is 73.7 Å². The first-order valence-corrected chi connectivity index (χ1v) is 27.1. The average Bonchev–Trinajstić information content (AvgIpc) is 3.91. The molecular formula is C61H91N7O5. The fourth-order valence-corrected chi connectivity index (χ4v) is 8.54. The molecule has 3 fully saturated rings. The van der Waals surface area contributed by atoms with Crippen molar-refractivity contribution in [1.29, 1.82) is 0 Å². The zero-order chi connectivity index (χ0) is 53.3. The molecule has 4 aromatic rings. The van der Waals surface area contributed by atoms with Crippen LogP contribution in [0.4, 0.5) is 0 Å². The van der Waals surface area contributed by atoms with Crippen LogP contribution in [-0.2, 0) is 4.74 Å². The maximum absolute atomic E-state index is 12.2. The highest BCUT2D eigenvalue weighted by molar-refractivity contribution is 5.95. The standard InChI is InChI=1S/2C16H24N2O.C15H21NO2.C14H22N2O/c1-12(2)13-4-6-14(7-5-13)16(19)17-15-8-10-18(3)11-9-15;1-13(2)14-5-7-15(8-6-14)16(19)17-9-12-18-10-3-4-11-18;1-11(2)12-3-5-13(6-4-12)15(17)16-14-7-9-18-10-8-14;1-11(2)12-5-7-13(8-6-12)14(17)15-9-10-16(3)4/h4-7,12,15H,8-11H2,1-3H3,(H,17,19);5-8,13H,3-4,9-12H2,1-2H3,(H,17,19);3-6,11,14H,7-10H2,1-2H3,(H,16,17);5-8,11H,9-10H2,1-4H3,(H,15,17). The Morgan fingerprint density at radius 1 is 0.493 bits per heavy atom. The van der Waals surface area contributed by atoms with Crippen LogP contribution in [0.5, 0.6) is 0 Å². The molecule has 0 aromatic heterocycles. The molecule has 0 saturated carbocycles. The number of likely N-dealkylation sites (tertiary alicyclic amines) is 2. The summed E-state index contributed by atoms with van der Waals surface area (Å²) in [7, 11) is 6.11. The molecule has 0 atom stereocenters. The summed E-state index contributed by atoms with van der Waals surface area (Å²) >= 11 is 0. The van der Waals surface area contributed by atoms with Gasteiger partial charge < -0.3 is 40.7 Å². The van der Waals surface area contributed by atoms with E-state index in [1.165, 1.54) is 48.2 Å². The SMILES string of the molecule is CC(C)c1ccc(C(=O)NC2CCN(C)CC2)cc1.CC(C)c1ccc(C(=O)NC2CCOCC2)cc1.CC(C)c1ccc(C(=O)NCCN(C)C)cc1.CC(C)c1ccc(C(=O)NCCN2CCCC2)cc1. The van der Waals surface area contributed by atoms with Crippen LogP contribution in [0, 0.1) is 0 Å². The van der Waals surface area contributed by atoms with Gasteiger partial charge in [-0.25, -0.2) is 0 Å². The van der Waals surface area contributed by atoms with Crippen molar-refractivity contribution in [1.82, 2.24) is 36.0 Å². The van der Waals surface area contributed by atoms with Gasteiger partial charge >= 0.3 is 0 Å². The quantitative estimate of drug-likeness (QED) is 0.0872. The molecule has 0 aliphatic carbocycles. The van der Waals surface area contributed by atoms with Crippen molar-refractivity contribution in [2.24, 2.45) is 0 Å². The minimum atomic E-state index is 0.00200. The lowest BCUT2D eigenvalue weighted by molar-refractivity contribution is 0.0696. The number of amides is 4. The van der Waals surface area contributed by atoms with E-state index in [-0.39, 0.29) is 29.7 Å². The van der Waals surface area contributed by atoms with Gasteiger partial charge in [0.2, 0.25) is 0 Å². The third-order valence-electron chi connectivity index (χ3n) is 13.7.